The van der Waals surface area contributed by atoms with Gasteiger partial charge < -0.3 is 14.1 Å². The van der Waals surface area contributed by atoms with Crippen molar-refractivity contribution in [1.29, 1.82) is 0 Å². The van der Waals surface area contributed by atoms with E-state index in [1.165, 1.54) is 23.3 Å². The zero-order valence-corrected chi connectivity index (χ0v) is 11.7. The summed E-state index contributed by atoms with van der Waals surface area (Å²) in [6.45, 7) is -0.764. The molecule has 0 fully saturated rings. The molecule has 0 spiro atoms. The largest absolute Gasteiger partial charge is 0.469 e. The van der Waals surface area contributed by atoms with E-state index < -0.39 is 6.61 Å². The topological polar surface area (TPSA) is 42.7 Å². The van der Waals surface area contributed by atoms with Gasteiger partial charge in [-0.05, 0) is 30.7 Å². The highest BCUT2D eigenvalue weighted by molar-refractivity contribution is 5.94. The van der Waals surface area contributed by atoms with Crippen molar-refractivity contribution in [3.63, 3.8) is 0 Å². The van der Waals surface area contributed by atoms with Crippen molar-refractivity contribution in [3.05, 3.63) is 53.5 Å². The number of benzene rings is 1. The van der Waals surface area contributed by atoms with E-state index in [1.807, 2.05) is 0 Å². The number of amides is 1. The van der Waals surface area contributed by atoms with E-state index in [0.29, 0.717) is 17.9 Å². The second-order valence-corrected chi connectivity index (χ2v) is 4.57. The van der Waals surface area contributed by atoms with E-state index in [0.717, 1.165) is 5.56 Å². The third kappa shape index (κ3) is 3.81. The fourth-order valence-corrected chi connectivity index (χ4v) is 1.93. The number of carbonyl (C=O) groups is 1. The summed E-state index contributed by atoms with van der Waals surface area (Å²) in [6.07, 6.45) is 1.47. The quantitative estimate of drug-likeness (QED) is 0.848. The zero-order chi connectivity index (χ0) is 15.4. The molecule has 0 N–H and O–H groups in total. The van der Waals surface area contributed by atoms with Crippen molar-refractivity contribution in [2.24, 2.45) is 0 Å². The van der Waals surface area contributed by atoms with Crippen LogP contribution in [0.4, 0.5) is 8.78 Å². The second kappa shape index (κ2) is 6.39. The SMILES string of the molecule is Cc1occc1C(=O)N(C)Cc1ccc(OC(F)F)cc1. The Morgan fingerprint density at radius 2 is 1.95 bits per heavy atom. The van der Waals surface area contributed by atoms with E-state index in [2.05, 4.69) is 4.74 Å². The number of carbonyl (C=O) groups excluding carboxylic acids is 1. The Morgan fingerprint density at radius 3 is 2.48 bits per heavy atom. The average Bonchev–Trinajstić information content (AvgIpc) is 2.85. The van der Waals surface area contributed by atoms with E-state index >= 15 is 0 Å². The summed E-state index contributed by atoms with van der Waals surface area (Å²) in [5.41, 5.74) is 1.32. The van der Waals surface area contributed by atoms with Crippen molar-refractivity contribution in [1.82, 2.24) is 4.90 Å². The smallest absolute Gasteiger partial charge is 0.387 e. The highest BCUT2D eigenvalue weighted by Gasteiger charge is 2.16. The molecule has 0 bridgehead atoms. The van der Waals surface area contributed by atoms with Crippen LogP contribution in [0.2, 0.25) is 0 Å². The number of nitrogens with zero attached hydrogens (tertiary/aromatic N) is 1. The molecule has 112 valence electrons. The highest BCUT2D eigenvalue weighted by Crippen LogP contribution is 2.17. The minimum atomic E-state index is -2.84. The summed E-state index contributed by atoms with van der Waals surface area (Å²) in [5, 5.41) is 0. The summed E-state index contributed by atoms with van der Waals surface area (Å²) in [7, 11) is 1.67. The summed E-state index contributed by atoms with van der Waals surface area (Å²) in [4.78, 5) is 13.7. The Labute approximate surface area is 120 Å². The van der Waals surface area contributed by atoms with Crippen LogP contribution in [0.15, 0.2) is 41.0 Å². The lowest BCUT2D eigenvalue weighted by atomic mass is 10.2. The van der Waals surface area contributed by atoms with Crippen LogP contribution < -0.4 is 4.74 Å². The van der Waals surface area contributed by atoms with Gasteiger partial charge in [-0.15, -0.1) is 0 Å². The van der Waals surface area contributed by atoms with Crippen molar-refractivity contribution < 1.29 is 22.7 Å². The number of hydrogen-bond donors (Lipinski definition) is 0. The maximum atomic E-state index is 12.2. The molecule has 1 aromatic heterocycles. The maximum Gasteiger partial charge on any atom is 0.387 e. The van der Waals surface area contributed by atoms with Crippen LogP contribution in [-0.4, -0.2) is 24.5 Å². The summed E-state index contributed by atoms with van der Waals surface area (Å²) >= 11 is 0. The summed E-state index contributed by atoms with van der Waals surface area (Å²) in [5.74, 6) is 0.495. The molecular weight excluding hydrogens is 280 g/mol. The Hall–Kier alpha value is -2.37. The van der Waals surface area contributed by atoms with Crippen LogP contribution in [0.3, 0.4) is 0 Å². The lowest BCUT2D eigenvalue weighted by Crippen LogP contribution is -2.26. The number of ether oxygens (including phenoxy) is 1. The Balaban J connectivity index is 2.01. The predicted octanol–water partition coefficient (Wildman–Crippen LogP) is 3.46. The van der Waals surface area contributed by atoms with E-state index in [9.17, 15) is 13.6 Å². The first-order valence-corrected chi connectivity index (χ1v) is 6.30. The van der Waals surface area contributed by atoms with Gasteiger partial charge in [-0.1, -0.05) is 12.1 Å². The van der Waals surface area contributed by atoms with Crippen LogP contribution in [0.5, 0.6) is 5.75 Å². The molecule has 2 rings (SSSR count). The van der Waals surface area contributed by atoms with E-state index in [-0.39, 0.29) is 11.7 Å². The second-order valence-electron chi connectivity index (χ2n) is 4.57. The van der Waals surface area contributed by atoms with E-state index in [4.69, 9.17) is 4.42 Å². The van der Waals surface area contributed by atoms with Gasteiger partial charge in [-0.3, -0.25) is 4.79 Å². The third-order valence-corrected chi connectivity index (χ3v) is 3.00. The fourth-order valence-electron chi connectivity index (χ4n) is 1.93. The Morgan fingerprint density at radius 1 is 1.29 bits per heavy atom. The first-order chi connectivity index (χ1) is 9.97. The molecule has 4 nitrogen and oxygen atoms in total. The summed E-state index contributed by atoms with van der Waals surface area (Å²) in [6, 6.07) is 7.80. The van der Waals surface area contributed by atoms with Gasteiger partial charge in [0, 0.05) is 13.6 Å². The van der Waals surface area contributed by atoms with Gasteiger partial charge in [0.05, 0.1) is 11.8 Å². The molecule has 1 heterocycles. The van der Waals surface area contributed by atoms with Crippen molar-refractivity contribution in [3.8, 4) is 5.75 Å². The lowest BCUT2D eigenvalue weighted by molar-refractivity contribution is -0.0498. The standard InChI is InChI=1S/C15H15F2NO3/c1-10-13(7-8-20-10)14(19)18(2)9-11-3-5-12(6-4-11)21-15(16)17/h3-8,15H,9H2,1-2H3. The van der Waals surface area contributed by atoms with Gasteiger partial charge in [0.2, 0.25) is 0 Å². The number of furan rings is 1. The number of rotatable bonds is 5. The molecule has 0 aliphatic carbocycles. The van der Waals surface area contributed by atoms with Crippen LogP contribution in [0.1, 0.15) is 21.7 Å². The Kier molecular flexibility index (Phi) is 4.57. The van der Waals surface area contributed by atoms with E-state index in [1.54, 1.807) is 32.2 Å². The number of alkyl halides is 2. The number of halogens is 2. The van der Waals surface area contributed by atoms with Crippen LogP contribution in [-0.2, 0) is 6.54 Å². The van der Waals surface area contributed by atoms with Gasteiger partial charge in [0.25, 0.3) is 5.91 Å². The molecule has 21 heavy (non-hydrogen) atoms. The molecule has 6 heteroatoms. The molecule has 0 aliphatic heterocycles. The molecule has 1 amide bonds. The normalized spacial score (nSPS) is 10.7. The first-order valence-electron chi connectivity index (χ1n) is 6.30. The average molecular weight is 295 g/mol. The minimum Gasteiger partial charge on any atom is -0.469 e. The van der Waals surface area contributed by atoms with Crippen molar-refractivity contribution in [2.75, 3.05) is 7.05 Å². The molecule has 0 radical (unpaired) electrons. The first kappa shape index (κ1) is 15.0. The van der Waals surface area contributed by atoms with Gasteiger partial charge in [0.15, 0.2) is 0 Å². The molecule has 0 saturated heterocycles. The fraction of sp³-hybridized carbons (Fsp3) is 0.267. The molecule has 0 aliphatic rings. The molecule has 1 aromatic carbocycles. The Bertz CT molecular complexity index is 608. The van der Waals surface area contributed by atoms with Gasteiger partial charge in [-0.2, -0.15) is 8.78 Å². The molecular formula is C15H15F2NO3. The van der Waals surface area contributed by atoms with Crippen LogP contribution in [0, 0.1) is 6.92 Å². The van der Waals surface area contributed by atoms with Crippen molar-refractivity contribution >= 4 is 5.91 Å². The number of aryl methyl sites for hydroxylation is 1. The molecule has 2 aromatic rings. The summed E-state index contributed by atoms with van der Waals surface area (Å²) < 4.78 is 33.5. The third-order valence-electron chi connectivity index (χ3n) is 3.00. The van der Waals surface area contributed by atoms with Gasteiger partial charge in [0.1, 0.15) is 11.5 Å². The van der Waals surface area contributed by atoms with Crippen LogP contribution >= 0.6 is 0 Å². The maximum absolute atomic E-state index is 12.2. The molecule has 0 atom stereocenters. The monoisotopic (exact) mass is 295 g/mol. The predicted molar refractivity (Wildman–Crippen MR) is 72.3 cm³/mol. The number of hydrogen-bond acceptors (Lipinski definition) is 3. The van der Waals surface area contributed by atoms with Gasteiger partial charge in [-0.25, -0.2) is 0 Å². The molecule has 0 saturated carbocycles. The zero-order valence-electron chi connectivity index (χ0n) is 11.7. The van der Waals surface area contributed by atoms with Gasteiger partial charge >= 0.3 is 6.61 Å². The van der Waals surface area contributed by atoms with Crippen LogP contribution in [0.25, 0.3) is 0 Å². The lowest BCUT2D eigenvalue weighted by Gasteiger charge is -2.17. The molecule has 0 unspecified atom stereocenters. The highest BCUT2D eigenvalue weighted by atomic mass is 19.3. The van der Waals surface area contributed by atoms with Crippen molar-refractivity contribution in [2.45, 2.75) is 20.1 Å². The minimum absolute atomic E-state index is 0.0911.